The van der Waals surface area contributed by atoms with E-state index in [9.17, 15) is 8.78 Å². The lowest BCUT2D eigenvalue weighted by molar-refractivity contribution is 0.00753. The van der Waals surface area contributed by atoms with Gasteiger partial charge in [0.05, 0.1) is 0 Å². The second-order valence-corrected chi connectivity index (χ2v) is 5.36. The first-order valence-corrected chi connectivity index (χ1v) is 6.52. The van der Waals surface area contributed by atoms with Crippen molar-refractivity contribution in [1.29, 1.82) is 0 Å². The van der Waals surface area contributed by atoms with E-state index in [1.807, 2.05) is 6.07 Å². The number of nitrogens with zero attached hydrogens (tertiary/aromatic N) is 2. The Labute approximate surface area is 105 Å². The van der Waals surface area contributed by atoms with Gasteiger partial charge in [-0.3, -0.25) is 0 Å². The molecule has 0 amide bonds. The summed E-state index contributed by atoms with van der Waals surface area (Å²) in [6.45, 7) is 0. The van der Waals surface area contributed by atoms with Crippen molar-refractivity contribution in [3.05, 3.63) is 17.6 Å². The van der Waals surface area contributed by atoms with Gasteiger partial charge in [0.25, 0.3) is 0 Å². The zero-order chi connectivity index (χ0) is 12.8. The molecule has 0 aliphatic heterocycles. The molecule has 0 spiro atoms. The van der Waals surface area contributed by atoms with Gasteiger partial charge in [-0.15, -0.1) is 0 Å². The van der Waals surface area contributed by atoms with Crippen LogP contribution in [0.3, 0.4) is 0 Å². The summed E-state index contributed by atoms with van der Waals surface area (Å²) in [4.78, 5) is 8.86. The Morgan fingerprint density at radius 3 is 2.56 bits per heavy atom. The molecule has 2 saturated carbocycles. The molecule has 5 heteroatoms. The van der Waals surface area contributed by atoms with Crippen molar-refractivity contribution in [2.24, 2.45) is 0 Å². The molecule has 98 valence electrons. The van der Waals surface area contributed by atoms with E-state index >= 15 is 0 Å². The van der Waals surface area contributed by atoms with Crippen LogP contribution in [0.25, 0.3) is 0 Å². The van der Waals surface area contributed by atoms with Gasteiger partial charge in [0.15, 0.2) is 0 Å². The van der Waals surface area contributed by atoms with E-state index in [4.69, 9.17) is 0 Å². The first kappa shape index (κ1) is 11.8. The fraction of sp³-hybridized carbons (Fsp3) is 0.692. The Morgan fingerprint density at radius 2 is 2.00 bits per heavy atom. The van der Waals surface area contributed by atoms with E-state index in [0.717, 1.165) is 24.4 Å². The maximum atomic E-state index is 13.3. The summed E-state index contributed by atoms with van der Waals surface area (Å²) in [5.74, 6) is -0.867. The number of aromatic nitrogens is 2. The zero-order valence-electron chi connectivity index (χ0n) is 10.4. The molecule has 1 heterocycles. The molecule has 1 aromatic heterocycles. The van der Waals surface area contributed by atoms with Crippen LogP contribution in [0.5, 0.6) is 0 Å². The summed E-state index contributed by atoms with van der Waals surface area (Å²) >= 11 is 0. The summed E-state index contributed by atoms with van der Waals surface area (Å²) in [7, 11) is 1.80. The Kier molecular flexibility index (Phi) is 2.72. The summed E-state index contributed by atoms with van der Waals surface area (Å²) in [5, 5.41) is 3.00. The van der Waals surface area contributed by atoms with Crippen LogP contribution < -0.4 is 5.32 Å². The van der Waals surface area contributed by atoms with Crippen molar-refractivity contribution < 1.29 is 8.78 Å². The summed E-state index contributed by atoms with van der Waals surface area (Å²) in [6, 6.07) is 1.94. The molecule has 3 rings (SSSR count). The summed E-state index contributed by atoms with van der Waals surface area (Å²) in [5.41, 5.74) is 1.01. The molecule has 2 fully saturated rings. The van der Waals surface area contributed by atoms with Gasteiger partial charge in [0, 0.05) is 43.5 Å². The minimum atomic E-state index is -2.54. The molecule has 1 atom stereocenters. The Bertz CT molecular complexity index is 458. The third-order valence-electron chi connectivity index (χ3n) is 3.78. The van der Waals surface area contributed by atoms with E-state index in [0.29, 0.717) is 18.2 Å². The van der Waals surface area contributed by atoms with E-state index in [2.05, 4.69) is 15.3 Å². The second-order valence-electron chi connectivity index (χ2n) is 5.36. The topological polar surface area (TPSA) is 37.8 Å². The first-order chi connectivity index (χ1) is 8.57. The van der Waals surface area contributed by atoms with Gasteiger partial charge in [-0.2, -0.15) is 0 Å². The molecule has 2 aliphatic rings. The van der Waals surface area contributed by atoms with Crippen LogP contribution in [0.1, 0.15) is 55.5 Å². The van der Waals surface area contributed by atoms with E-state index < -0.39 is 5.92 Å². The Morgan fingerprint density at radius 1 is 1.22 bits per heavy atom. The monoisotopic (exact) mass is 253 g/mol. The van der Waals surface area contributed by atoms with Crippen LogP contribution in [0, 0.1) is 0 Å². The molecule has 1 aromatic rings. The number of rotatable bonds is 3. The molecule has 1 N–H and O–H groups in total. The summed E-state index contributed by atoms with van der Waals surface area (Å²) in [6.07, 6.45) is 2.65. The predicted octanol–water partition coefficient (Wildman–Crippen LogP) is 3.30. The average Bonchev–Trinajstić information content (AvgIpc) is 3.13. The van der Waals surface area contributed by atoms with Gasteiger partial charge >= 0.3 is 0 Å². The maximum Gasteiger partial charge on any atom is 0.248 e. The first-order valence-electron chi connectivity index (χ1n) is 6.52. The molecule has 3 nitrogen and oxygen atoms in total. The van der Waals surface area contributed by atoms with Crippen LogP contribution in [-0.4, -0.2) is 22.9 Å². The van der Waals surface area contributed by atoms with Crippen LogP contribution >= 0.6 is 0 Å². The van der Waals surface area contributed by atoms with Crippen molar-refractivity contribution in [2.75, 3.05) is 12.4 Å². The fourth-order valence-corrected chi connectivity index (χ4v) is 2.55. The lowest BCUT2D eigenvalue weighted by Crippen LogP contribution is -2.11. The van der Waals surface area contributed by atoms with Crippen LogP contribution in [-0.2, 0) is 0 Å². The number of alkyl halides is 2. The smallest absolute Gasteiger partial charge is 0.248 e. The lowest BCUT2D eigenvalue weighted by Gasteiger charge is -2.12. The van der Waals surface area contributed by atoms with Crippen molar-refractivity contribution in [3.8, 4) is 0 Å². The highest BCUT2D eigenvalue weighted by atomic mass is 19.3. The molecule has 0 bridgehead atoms. The molecule has 0 radical (unpaired) electrons. The lowest BCUT2D eigenvalue weighted by atomic mass is 10.1. The number of hydrogen-bond acceptors (Lipinski definition) is 3. The van der Waals surface area contributed by atoms with Gasteiger partial charge in [-0.25, -0.2) is 18.7 Å². The summed E-state index contributed by atoms with van der Waals surface area (Å²) < 4.78 is 26.5. The molecule has 1 unspecified atom stereocenters. The van der Waals surface area contributed by atoms with E-state index in [1.165, 1.54) is 0 Å². The SMILES string of the molecule is CNc1cc(C2CC2)nc(C2CCC(F)(F)C2)n1. The minimum absolute atomic E-state index is 0.0381. The zero-order valence-corrected chi connectivity index (χ0v) is 10.4. The predicted molar refractivity (Wildman–Crippen MR) is 65.1 cm³/mol. The third kappa shape index (κ3) is 2.31. The maximum absolute atomic E-state index is 13.3. The standard InChI is InChI=1S/C13H17F2N3/c1-16-11-6-10(8-2-3-8)17-12(18-11)9-4-5-13(14,15)7-9/h6,8-9H,2-5,7H2,1H3,(H,16,17,18). The highest BCUT2D eigenvalue weighted by molar-refractivity contribution is 5.38. The van der Waals surface area contributed by atoms with E-state index in [-0.39, 0.29) is 18.8 Å². The van der Waals surface area contributed by atoms with Crippen molar-refractivity contribution in [2.45, 2.75) is 49.9 Å². The van der Waals surface area contributed by atoms with Gasteiger partial charge in [-0.1, -0.05) is 0 Å². The second kappa shape index (κ2) is 4.14. The highest BCUT2D eigenvalue weighted by Crippen LogP contribution is 2.45. The van der Waals surface area contributed by atoms with Gasteiger partial charge in [0.1, 0.15) is 11.6 Å². The van der Waals surface area contributed by atoms with Gasteiger partial charge < -0.3 is 5.32 Å². The molecule has 0 aromatic carbocycles. The fourth-order valence-electron chi connectivity index (χ4n) is 2.55. The van der Waals surface area contributed by atoms with Crippen LogP contribution in [0.4, 0.5) is 14.6 Å². The molecule has 2 aliphatic carbocycles. The quantitative estimate of drug-likeness (QED) is 0.898. The Balaban J connectivity index is 1.89. The van der Waals surface area contributed by atoms with Gasteiger partial charge in [0.2, 0.25) is 5.92 Å². The molecule has 0 saturated heterocycles. The highest BCUT2D eigenvalue weighted by Gasteiger charge is 2.41. The van der Waals surface area contributed by atoms with Crippen molar-refractivity contribution >= 4 is 5.82 Å². The number of halogens is 2. The van der Waals surface area contributed by atoms with Crippen molar-refractivity contribution in [1.82, 2.24) is 9.97 Å². The average molecular weight is 253 g/mol. The minimum Gasteiger partial charge on any atom is -0.373 e. The van der Waals surface area contributed by atoms with Crippen LogP contribution in [0.2, 0.25) is 0 Å². The van der Waals surface area contributed by atoms with Gasteiger partial charge in [-0.05, 0) is 19.3 Å². The number of anilines is 1. The molecule has 18 heavy (non-hydrogen) atoms. The number of hydrogen-bond donors (Lipinski definition) is 1. The largest absolute Gasteiger partial charge is 0.373 e. The third-order valence-corrected chi connectivity index (χ3v) is 3.78. The molecular weight excluding hydrogens is 236 g/mol. The Hall–Kier alpha value is -1.26. The molecular formula is C13H17F2N3. The van der Waals surface area contributed by atoms with Crippen LogP contribution in [0.15, 0.2) is 6.07 Å². The van der Waals surface area contributed by atoms with Crippen molar-refractivity contribution in [3.63, 3.8) is 0 Å². The normalized spacial score (nSPS) is 26.3. The number of nitrogens with one attached hydrogen (secondary N) is 1. The van der Waals surface area contributed by atoms with E-state index in [1.54, 1.807) is 7.05 Å².